The average molecular weight is 231 g/mol. The van der Waals surface area contributed by atoms with Gasteiger partial charge in [0.05, 0.1) is 0 Å². The van der Waals surface area contributed by atoms with Crippen LogP contribution in [0.1, 0.15) is 51.2 Å². The summed E-state index contributed by atoms with van der Waals surface area (Å²) >= 11 is 0. The van der Waals surface area contributed by atoms with Gasteiger partial charge in [0.1, 0.15) is 0 Å². The van der Waals surface area contributed by atoms with Crippen LogP contribution in [0.15, 0.2) is 24.3 Å². The molecule has 1 nitrogen and oxygen atoms in total. The van der Waals surface area contributed by atoms with E-state index < -0.39 is 0 Å². The molecule has 1 aromatic carbocycles. The lowest BCUT2D eigenvalue weighted by molar-refractivity contribution is 0.219. The van der Waals surface area contributed by atoms with Gasteiger partial charge in [0.25, 0.3) is 0 Å². The minimum atomic E-state index is 0.256. The van der Waals surface area contributed by atoms with Crippen LogP contribution >= 0.6 is 0 Å². The zero-order chi connectivity index (χ0) is 12.3. The lowest BCUT2D eigenvalue weighted by Gasteiger charge is -2.30. The first-order chi connectivity index (χ1) is 8.07. The molecule has 1 aliphatic heterocycles. The second-order valence-electron chi connectivity index (χ2n) is 6.24. The smallest absolute Gasteiger partial charge is 0.0236 e. The number of hydrogen-bond donors (Lipinski definition) is 0. The Bertz CT molecular complexity index is 356. The Morgan fingerprint density at radius 2 is 1.65 bits per heavy atom. The van der Waals surface area contributed by atoms with Crippen molar-refractivity contribution in [3.05, 3.63) is 35.4 Å². The van der Waals surface area contributed by atoms with Crippen molar-refractivity contribution in [3.8, 4) is 0 Å². The summed E-state index contributed by atoms with van der Waals surface area (Å²) in [6.45, 7) is 10.6. The summed E-state index contributed by atoms with van der Waals surface area (Å²) in [7, 11) is 0. The summed E-state index contributed by atoms with van der Waals surface area (Å²) in [5.41, 5.74) is 3.28. The molecule has 1 saturated heterocycles. The van der Waals surface area contributed by atoms with E-state index in [9.17, 15) is 0 Å². The van der Waals surface area contributed by atoms with Crippen LogP contribution in [-0.2, 0) is 12.0 Å². The van der Waals surface area contributed by atoms with E-state index in [2.05, 4.69) is 49.9 Å². The lowest BCUT2D eigenvalue weighted by atomic mass is 9.83. The van der Waals surface area contributed by atoms with Crippen molar-refractivity contribution in [1.82, 2.24) is 4.90 Å². The number of rotatable bonds is 2. The molecule has 1 heteroatoms. The highest BCUT2D eigenvalue weighted by Crippen LogP contribution is 2.27. The molecule has 0 radical (unpaired) electrons. The second kappa shape index (κ2) is 5.22. The van der Waals surface area contributed by atoms with Gasteiger partial charge in [0.2, 0.25) is 0 Å². The highest BCUT2D eigenvalue weighted by molar-refractivity contribution is 5.32. The van der Waals surface area contributed by atoms with Crippen molar-refractivity contribution in [2.45, 2.75) is 52.0 Å². The molecule has 0 atom stereocenters. The first kappa shape index (κ1) is 12.6. The molecule has 1 aromatic rings. The van der Waals surface area contributed by atoms with E-state index in [-0.39, 0.29) is 5.41 Å². The summed E-state index contributed by atoms with van der Waals surface area (Å²) in [5.74, 6) is 0. The average Bonchev–Trinajstić information content (AvgIpc) is 2.30. The third-order valence-corrected chi connectivity index (χ3v) is 3.67. The van der Waals surface area contributed by atoms with E-state index in [1.165, 1.54) is 43.5 Å². The van der Waals surface area contributed by atoms with Crippen LogP contribution < -0.4 is 0 Å². The minimum Gasteiger partial charge on any atom is -0.299 e. The predicted molar refractivity (Wildman–Crippen MR) is 74.3 cm³/mol. The highest BCUT2D eigenvalue weighted by Gasteiger charge is 2.19. The SMILES string of the molecule is CC(C)(C)c1ccccc1CN1CCCCC1. The monoisotopic (exact) mass is 231 g/mol. The molecule has 0 spiro atoms. The summed E-state index contributed by atoms with van der Waals surface area (Å²) in [4.78, 5) is 2.61. The molecule has 0 amide bonds. The van der Waals surface area contributed by atoms with Gasteiger partial charge in [-0.15, -0.1) is 0 Å². The van der Waals surface area contributed by atoms with Crippen molar-refractivity contribution in [3.63, 3.8) is 0 Å². The maximum Gasteiger partial charge on any atom is 0.0236 e. The molecule has 1 fully saturated rings. The summed E-state index contributed by atoms with van der Waals surface area (Å²) < 4.78 is 0. The molecule has 0 bridgehead atoms. The van der Waals surface area contributed by atoms with Crippen LogP contribution in [0, 0.1) is 0 Å². The van der Waals surface area contributed by atoms with Crippen LogP contribution in [-0.4, -0.2) is 18.0 Å². The van der Waals surface area contributed by atoms with Gasteiger partial charge >= 0.3 is 0 Å². The molecule has 0 aromatic heterocycles. The number of piperidine rings is 1. The summed E-state index contributed by atoms with van der Waals surface area (Å²) in [6.07, 6.45) is 4.16. The van der Waals surface area contributed by atoms with Gasteiger partial charge in [0.15, 0.2) is 0 Å². The summed E-state index contributed by atoms with van der Waals surface area (Å²) in [5, 5.41) is 0. The Kier molecular flexibility index (Phi) is 3.88. The fraction of sp³-hybridized carbons (Fsp3) is 0.625. The van der Waals surface area contributed by atoms with E-state index in [1.807, 2.05) is 0 Å². The van der Waals surface area contributed by atoms with Gasteiger partial charge in [-0.3, -0.25) is 4.90 Å². The number of hydrogen-bond acceptors (Lipinski definition) is 1. The largest absolute Gasteiger partial charge is 0.299 e. The van der Waals surface area contributed by atoms with E-state index in [1.54, 1.807) is 0 Å². The second-order valence-corrected chi connectivity index (χ2v) is 6.24. The lowest BCUT2D eigenvalue weighted by Crippen LogP contribution is -2.30. The van der Waals surface area contributed by atoms with Gasteiger partial charge in [-0.2, -0.15) is 0 Å². The molecule has 2 rings (SSSR count). The Morgan fingerprint density at radius 3 is 2.29 bits per heavy atom. The molecular weight excluding hydrogens is 206 g/mol. The number of nitrogens with zero attached hydrogens (tertiary/aromatic N) is 1. The Morgan fingerprint density at radius 1 is 1.00 bits per heavy atom. The summed E-state index contributed by atoms with van der Waals surface area (Å²) in [6, 6.07) is 8.93. The fourth-order valence-electron chi connectivity index (χ4n) is 2.75. The Labute approximate surface area is 106 Å². The van der Waals surface area contributed by atoms with Crippen molar-refractivity contribution < 1.29 is 0 Å². The van der Waals surface area contributed by atoms with Crippen LogP contribution in [0.2, 0.25) is 0 Å². The predicted octanol–water partition coefficient (Wildman–Crippen LogP) is 3.97. The maximum absolute atomic E-state index is 2.61. The van der Waals surface area contributed by atoms with E-state index >= 15 is 0 Å². The van der Waals surface area contributed by atoms with Gasteiger partial charge in [-0.25, -0.2) is 0 Å². The maximum atomic E-state index is 2.61. The zero-order valence-electron chi connectivity index (χ0n) is 11.5. The molecule has 17 heavy (non-hydrogen) atoms. The topological polar surface area (TPSA) is 3.24 Å². The zero-order valence-corrected chi connectivity index (χ0v) is 11.5. The molecule has 1 heterocycles. The normalized spacial score (nSPS) is 18.3. The standard InChI is InChI=1S/C16H25N/c1-16(2,3)15-10-6-5-9-14(15)13-17-11-7-4-8-12-17/h5-6,9-10H,4,7-8,11-13H2,1-3H3. The van der Waals surface area contributed by atoms with Crippen molar-refractivity contribution in [1.29, 1.82) is 0 Å². The molecule has 0 saturated carbocycles. The molecule has 94 valence electrons. The molecular formula is C16H25N. The van der Waals surface area contributed by atoms with Gasteiger partial charge in [-0.05, 0) is 42.5 Å². The van der Waals surface area contributed by atoms with Gasteiger partial charge in [-0.1, -0.05) is 51.5 Å². The molecule has 0 N–H and O–H groups in total. The van der Waals surface area contributed by atoms with Crippen molar-refractivity contribution >= 4 is 0 Å². The number of likely N-dealkylation sites (tertiary alicyclic amines) is 1. The van der Waals surface area contributed by atoms with Crippen LogP contribution in [0.5, 0.6) is 0 Å². The number of benzene rings is 1. The molecule has 0 aliphatic carbocycles. The first-order valence-corrected chi connectivity index (χ1v) is 6.88. The van der Waals surface area contributed by atoms with Crippen molar-refractivity contribution in [2.75, 3.05) is 13.1 Å². The van der Waals surface area contributed by atoms with Gasteiger partial charge in [0, 0.05) is 6.54 Å². The van der Waals surface area contributed by atoms with Crippen LogP contribution in [0.4, 0.5) is 0 Å². The molecule has 0 unspecified atom stereocenters. The van der Waals surface area contributed by atoms with E-state index in [0.717, 1.165) is 6.54 Å². The molecule has 1 aliphatic rings. The third kappa shape index (κ3) is 3.32. The van der Waals surface area contributed by atoms with E-state index in [0.29, 0.717) is 0 Å². The Balaban J connectivity index is 2.14. The minimum absolute atomic E-state index is 0.256. The van der Waals surface area contributed by atoms with Crippen LogP contribution in [0.25, 0.3) is 0 Å². The Hall–Kier alpha value is -0.820. The fourth-order valence-corrected chi connectivity index (χ4v) is 2.75. The first-order valence-electron chi connectivity index (χ1n) is 6.88. The van der Waals surface area contributed by atoms with Crippen LogP contribution in [0.3, 0.4) is 0 Å². The van der Waals surface area contributed by atoms with Crippen molar-refractivity contribution in [2.24, 2.45) is 0 Å². The quantitative estimate of drug-likeness (QED) is 0.744. The van der Waals surface area contributed by atoms with Gasteiger partial charge < -0.3 is 0 Å². The van der Waals surface area contributed by atoms with E-state index in [4.69, 9.17) is 0 Å². The third-order valence-electron chi connectivity index (χ3n) is 3.67. The highest BCUT2D eigenvalue weighted by atomic mass is 15.1.